The van der Waals surface area contributed by atoms with Crippen molar-refractivity contribution in [3.05, 3.63) is 52.5 Å². The van der Waals surface area contributed by atoms with Gasteiger partial charge < -0.3 is 14.7 Å². The lowest BCUT2D eigenvalue weighted by Crippen LogP contribution is -2.36. The topological polar surface area (TPSA) is 113 Å². The fraction of sp³-hybridized carbons (Fsp3) is 0.333. The third kappa shape index (κ3) is 5.68. The molecule has 1 saturated heterocycles. The summed E-state index contributed by atoms with van der Waals surface area (Å²) < 4.78 is 33.6. The number of likely N-dealkylation sites (tertiary alicyclic amines) is 1. The number of rotatable bonds is 7. The van der Waals surface area contributed by atoms with Gasteiger partial charge in [0.2, 0.25) is 0 Å². The molecule has 0 radical (unpaired) electrons. The highest BCUT2D eigenvalue weighted by Crippen LogP contribution is 2.28. The minimum absolute atomic E-state index is 0.0518. The number of piperidine rings is 1. The molecule has 8 nitrogen and oxygen atoms in total. The summed E-state index contributed by atoms with van der Waals surface area (Å²) in [6, 6.07) is 8.55. The van der Waals surface area contributed by atoms with Crippen LogP contribution in [0.2, 0.25) is 5.02 Å². The largest absolute Gasteiger partial charge is 0.482 e. The second-order valence-electron chi connectivity index (χ2n) is 7.26. The predicted octanol–water partition coefficient (Wildman–Crippen LogP) is 3.54. The maximum atomic E-state index is 13.0. The van der Waals surface area contributed by atoms with Crippen molar-refractivity contribution in [1.29, 1.82) is 0 Å². The second kappa shape index (κ2) is 9.57. The van der Waals surface area contributed by atoms with Crippen LogP contribution in [-0.2, 0) is 14.8 Å². The van der Waals surface area contributed by atoms with E-state index in [4.69, 9.17) is 21.4 Å². The van der Waals surface area contributed by atoms with Crippen LogP contribution in [0.15, 0.2) is 41.3 Å². The maximum absolute atomic E-state index is 13.0. The Morgan fingerprint density at radius 3 is 2.48 bits per heavy atom. The number of hydrogen-bond acceptors (Lipinski definition) is 5. The molecule has 0 aliphatic carbocycles. The van der Waals surface area contributed by atoms with Gasteiger partial charge in [-0.3, -0.25) is 9.52 Å². The van der Waals surface area contributed by atoms with Gasteiger partial charge in [0.25, 0.3) is 15.9 Å². The third-order valence-corrected chi connectivity index (χ3v) is 6.51. The van der Waals surface area contributed by atoms with Crippen molar-refractivity contribution < 1.29 is 27.9 Å². The van der Waals surface area contributed by atoms with E-state index in [1.807, 2.05) is 0 Å². The van der Waals surface area contributed by atoms with Crippen LogP contribution < -0.4 is 9.46 Å². The van der Waals surface area contributed by atoms with Crippen LogP contribution in [0.25, 0.3) is 0 Å². The highest BCUT2D eigenvalue weighted by Gasteiger charge is 2.24. The van der Waals surface area contributed by atoms with Crippen molar-refractivity contribution in [1.82, 2.24) is 4.90 Å². The van der Waals surface area contributed by atoms with Gasteiger partial charge in [-0.25, -0.2) is 13.2 Å². The van der Waals surface area contributed by atoms with E-state index in [0.717, 1.165) is 19.3 Å². The summed E-state index contributed by atoms with van der Waals surface area (Å²) in [6.07, 6.45) is 2.89. The first kappa shape index (κ1) is 22.9. The van der Waals surface area contributed by atoms with Crippen molar-refractivity contribution >= 4 is 39.2 Å². The first-order valence-corrected chi connectivity index (χ1v) is 11.6. The monoisotopic (exact) mass is 466 g/mol. The molecule has 2 aromatic rings. The highest BCUT2D eigenvalue weighted by atomic mass is 35.5. The van der Waals surface area contributed by atoms with E-state index in [1.54, 1.807) is 17.9 Å². The molecule has 2 aromatic carbocycles. The number of hydrogen-bond donors (Lipinski definition) is 2. The molecule has 10 heteroatoms. The predicted molar refractivity (Wildman–Crippen MR) is 116 cm³/mol. The van der Waals surface area contributed by atoms with Crippen LogP contribution in [0, 0.1) is 6.92 Å². The first-order chi connectivity index (χ1) is 14.7. The zero-order valence-corrected chi connectivity index (χ0v) is 18.5. The van der Waals surface area contributed by atoms with Gasteiger partial charge in [-0.15, -0.1) is 0 Å². The van der Waals surface area contributed by atoms with Gasteiger partial charge in [0.15, 0.2) is 6.61 Å². The van der Waals surface area contributed by atoms with Crippen LogP contribution in [0.4, 0.5) is 5.69 Å². The fourth-order valence-corrected chi connectivity index (χ4v) is 4.68. The number of carboxylic acid groups (broad SMARTS) is 1. The smallest absolute Gasteiger partial charge is 0.341 e. The van der Waals surface area contributed by atoms with E-state index in [9.17, 15) is 18.0 Å². The number of carbonyl (C=O) groups excluding carboxylic acids is 1. The zero-order valence-electron chi connectivity index (χ0n) is 16.9. The molecule has 166 valence electrons. The van der Waals surface area contributed by atoms with Gasteiger partial charge in [0.05, 0.1) is 16.1 Å². The molecule has 31 heavy (non-hydrogen) atoms. The molecule has 1 fully saturated rings. The number of amides is 1. The molecule has 1 aliphatic heterocycles. The Bertz CT molecular complexity index is 1100. The van der Waals surface area contributed by atoms with E-state index in [1.165, 1.54) is 30.3 Å². The molecular weight excluding hydrogens is 444 g/mol. The standard InChI is InChI=1S/C21H23ClN2O6S/c1-14-11-16(6-8-19(14)30-13-20(25)26)31(28,29)23-18-12-15(22)5-7-17(18)21(27)24-9-3-2-4-10-24/h5-8,11-12,23H,2-4,9-10,13H2,1H3,(H,25,26). The highest BCUT2D eigenvalue weighted by molar-refractivity contribution is 7.92. The van der Waals surface area contributed by atoms with Gasteiger partial charge in [-0.05, 0) is 68.1 Å². The maximum Gasteiger partial charge on any atom is 0.341 e. The first-order valence-electron chi connectivity index (χ1n) is 9.74. The Morgan fingerprint density at radius 2 is 1.84 bits per heavy atom. The average molecular weight is 467 g/mol. The van der Waals surface area contributed by atoms with Gasteiger partial charge in [0, 0.05) is 18.1 Å². The van der Waals surface area contributed by atoms with E-state index in [2.05, 4.69) is 4.72 Å². The number of nitrogens with zero attached hydrogens (tertiary/aromatic N) is 1. The van der Waals surface area contributed by atoms with Gasteiger partial charge >= 0.3 is 5.97 Å². The number of ether oxygens (including phenoxy) is 1. The molecule has 0 atom stereocenters. The number of carbonyl (C=O) groups is 2. The average Bonchev–Trinajstić information content (AvgIpc) is 2.72. The number of anilines is 1. The zero-order chi connectivity index (χ0) is 22.6. The SMILES string of the molecule is Cc1cc(S(=O)(=O)Nc2cc(Cl)ccc2C(=O)N2CCCCC2)ccc1OCC(=O)O. The van der Waals surface area contributed by atoms with Crippen molar-refractivity contribution in [2.75, 3.05) is 24.4 Å². The normalized spacial score (nSPS) is 14.2. The van der Waals surface area contributed by atoms with Crippen LogP contribution in [-0.4, -0.2) is 50.0 Å². The number of nitrogens with one attached hydrogen (secondary N) is 1. The van der Waals surface area contributed by atoms with Crippen molar-refractivity contribution in [3.63, 3.8) is 0 Å². The molecule has 0 saturated carbocycles. The molecule has 0 bridgehead atoms. The molecule has 2 N–H and O–H groups in total. The molecule has 0 unspecified atom stereocenters. The molecule has 1 aliphatic rings. The fourth-order valence-electron chi connectivity index (χ4n) is 3.35. The van der Waals surface area contributed by atoms with E-state index < -0.39 is 22.6 Å². The van der Waals surface area contributed by atoms with Crippen LogP contribution in [0.5, 0.6) is 5.75 Å². The quantitative estimate of drug-likeness (QED) is 0.645. The van der Waals surface area contributed by atoms with Gasteiger partial charge in [-0.2, -0.15) is 0 Å². The van der Waals surface area contributed by atoms with Crippen LogP contribution >= 0.6 is 11.6 Å². The van der Waals surface area contributed by atoms with E-state index in [0.29, 0.717) is 23.7 Å². The summed E-state index contributed by atoms with van der Waals surface area (Å²) in [5, 5.41) is 9.02. The number of aryl methyl sites for hydroxylation is 1. The van der Waals surface area contributed by atoms with Gasteiger partial charge in [0.1, 0.15) is 5.75 Å². The Morgan fingerprint density at radius 1 is 1.13 bits per heavy atom. The summed E-state index contributed by atoms with van der Waals surface area (Å²) >= 11 is 6.06. The molecule has 1 amide bonds. The van der Waals surface area contributed by atoms with Crippen molar-refractivity contribution in [3.8, 4) is 5.75 Å². The van der Waals surface area contributed by atoms with Crippen molar-refractivity contribution in [2.45, 2.75) is 31.1 Å². The Labute approximate surface area is 185 Å². The Kier molecular flexibility index (Phi) is 7.07. The minimum atomic E-state index is -4.04. The Hall–Kier alpha value is -2.78. The van der Waals surface area contributed by atoms with E-state index in [-0.39, 0.29) is 27.8 Å². The molecule has 3 rings (SSSR count). The molecular formula is C21H23ClN2O6S. The number of carboxylic acids is 1. The molecule has 1 heterocycles. The lowest BCUT2D eigenvalue weighted by Gasteiger charge is -2.27. The summed E-state index contributed by atoms with van der Waals surface area (Å²) in [6.45, 7) is 2.34. The van der Waals surface area contributed by atoms with Crippen molar-refractivity contribution in [2.24, 2.45) is 0 Å². The lowest BCUT2D eigenvalue weighted by atomic mass is 10.1. The molecule has 0 aromatic heterocycles. The summed E-state index contributed by atoms with van der Waals surface area (Å²) in [4.78, 5) is 25.3. The number of benzene rings is 2. The summed E-state index contributed by atoms with van der Waals surface area (Å²) in [7, 11) is -4.04. The van der Waals surface area contributed by atoms with E-state index >= 15 is 0 Å². The summed E-state index contributed by atoms with van der Waals surface area (Å²) in [5.74, 6) is -1.11. The minimum Gasteiger partial charge on any atom is -0.482 e. The van der Waals surface area contributed by atoms with Crippen LogP contribution in [0.3, 0.4) is 0 Å². The number of aliphatic carboxylic acids is 1. The lowest BCUT2D eigenvalue weighted by molar-refractivity contribution is -0.139. The number of halogens is 1. The molecule has 0 spiro atoms. The number of sulfonamides is 1. The van der Waals surface area contributed by atoms with Crippen LogP contribution in [0.1, 0.15) is 35.2 Å². The second-order valence-corrected chi connectivity index (χ2v) is 9.38. The van der Waals surface area contributed by atoms with Gasteiger partial charge in [-0.1, -0.05) is 11.6 Å². The Balaban J connectivity index is 1.87. The summed E-state index contributed by atoms with van der Waals surface area (Å²) in [5.41, 5.74) is 0.791. The third-order valence-electron chi connectivity index (χ3n) is 4.91.